The summed E-state index contributed by atoms with van der Waals surface area (Å²) >= 11 is 5.83. The van der Waals surface area contributed by atoms with Crippen molar-refractivity contribution in [1.82, 2.24) is 0 Å². The molecule has 1 aromatic rings. The van der Waals surface area contributed by atoms with Gasteiger partial charge < -0.3 is 19.3 Å². The van der Waals surface area contributed by atoms with E-state index in [1.165, 1.54) is 21.3 Å². The fourth-order valence-corrected chi connectivity index (χ4v) is 1.90. The molecule has 0 aromatic heterocycles. The molecule has 1 aromatic carbocycles. The minimum absolute atomic E-state index is 0.0239. The van der Waals surface area contributed by atoms with Gasteiger partial charge in [0.05, 0.1) is 27.2 Å². The maximum absolute atomic E-state index is 9.92. The Morgan fingerprint density at radius 2 is 1.50 bits per heavy atom. The van der Waals surface area contributed by atoms with Crippen LogP contribution in [0.15, 0.2) is 0 Å². The first-order valence-electron chi connectivity index (χ1n) is 4.68. The van der Waals surface area contributed by atoms with Gasteiger partial charge in [0, 0.05) is 11.1 Å². The molecule has 0 heterocycles. The summed E-state index contributed by atoms with van der Waals surface area (Å²) in [7, 11) is 4.45. The molecular weight excluding hydrogens is 232 g/mol. The van der Waals surface area contributed by atoms with Gasteiger partial charge in [0.1, 0.15) is 0 Å². The predicted molar refractivity (Wildman–Crippen MR) is 62.1 cm³/mol. The molecular formula is C11H15ClO4. The van der Waals surface area contributed by atoms with Crippen LogP contribution in [-0.2, 0) is 5.88 Å². The van der Waals surface area contributed by atoms with E-state index in [0.717, 1.165) is 0 Å². The van der Waals surface area contributed by atoms with Crippen molar-refractivity contribution in [2.45, 2.75) is 12.8 Å². The quantitative estimate of drug-likeness (QED) is 0.829. The number of methoxy groups -OCH3 is 3. The zero-order chi connectivity index (χ0) is 12.3. The van der Waals surface area contributed by atoms with E-state index in [9.17, 15) is 5.11 Å². The average Bonchev–Trinajstić information content (AvgIpc) is 2.31. The van der Waals surface area contributed by atoms with E-state index < -0.39 is 0 Å². The van der Waals surface area contributed by atoms with Gasteiger partial charge in [-0.15, -0.1) is 11.6 Å². The number of halogens is 1. The summed E-state index contributed by atoms with van der Waals surface area (Å²) in [6.45, 7) is 1.75. The van der Waals surface area contributed by atoms with Gasteiger partial charge in [-0.25, -0.2) is 0 Å². The maximum Gasteiger partial charge on any atom is 0.207 e. The molecule has 5 heteroatoms. The van der Waals surface area contributed by atoms with Crippen molar-refractivity contribution in [3.8, 4) is 23.0 Å². The topological polar surface area (TPSA) is 47.9 Å². The highest BCUT2D eigenvalue weighted by molar-refractivity contribution is 6.17. The van der Waals surface area contributed by atoms with Crippen LogP contribution in [0.1, 0.15) is 11.1 Å². The molecule has 1 N–H and O–H groups in total. The van der Waals surface area contributed by atoms with Gasteiger partial charge in [0.25, 0.3) is 0 Å². The van der Waals surface area contributed by atoms with Gasteiger partial charge in [0.15, 0.2) is 11.5 Å². The molecule has 0 saturated heterocycles. The standard InChI is InChI=1S/C11H15ClO4/c1-6-7(5-12)9(14-2)11(16-4)10(15-3)8(6)13/h13H,5H2,1-4H3. The van der Waals surface area contributed by atoms with Gasteiger partial charge in [-0.2, -0.15) is 0 Å². The number of aromatic hydroxyl groups is 1. The van der Waals surface area contributed by atoms with Crippen LogP contribution in [0.25, 0.3) is 0 Å². The number of alkyl halides is 1. The van der Waals surface area contributed by atoms with Gasteiger partial charge in [0.2, 0.25) is 11.5 Å². The second-order valence-electron chi connectivity index (χ2n) is 3.19. The molecule has 90 valence electrons. The first-order chi connectivity index (χ1) is 7.62. The average molecular weight is 247 g/mol. The molecule has 0 spiro atoms. The Morgan fingerprint density at radius 1 is 1.00 bits per heavy atom. The van der Waals surface area contributed by atoms with Crippen molar-refractivity contribution in [2.24, 2.45) is 0 Å². The van der Waals surface area contributed by atoms with Crippen molar-refractivity contribution in [1.29, 1.82) is 0 Å². The third-order valence-corrected chi connectivity index (χ3v) is 2.72. The smallest absolute Gasteiger partial charge is 0.207 e. The molecule has 0 amide bonds. The zero-order valence-electron chi connectivity index (χ0n) is 9.76. The number of rotatable bonds is 4. The second-order valence-corrected chi connectivity index (χ2v) is 3.45. The summed E-state index contributed by atoms with van der Waals surface area (Å²) in [4.78, 5) is 0. The van der Waals surface area contributed by atoms with Crippen LogP contribution in [0.4, 0.5) is 0 Å². The summed E-state index contributed by atoms with van der Waals surface area (Å²) in [6, 6.07) is 0. The molecule has 0 unspecified atom stereocenters. The Morgan fingerprint density at radius 3 is 1.88 bits per heavy atom. The van der Waals surface area contributed by atoms with Crippen molar-refractivity contribution in [3.05, 3.63) is 11.1 Å². The van der Waals surface area contributed by atoms with Gasteiger partial charge in [-0.1, -0.05) is 0 Å². The molecule has 0 aliphatic rings. The molecule has 0 aliphatic carbocycles. The van der Waals surface area contributed by atoms with Crippen molar-refractivity contribution in [3.63, 3.8) is 0 Å². The lowest BCUT2D eigenvalue weighted by molar-refractivity contribution is 0.308. The minimum Gasteiger partial charge on any atom is -0.504 e. The summed E-state index contributed by atoms with van der Waals surface area (Å²) in [5.74, 6) is 1.35. The Hall–Kier alpha value is -1.29. The normalized spacial score (nSPS) is 10.1. The number of phenolic OH excluding ortho intramolecular Hbond substituents is 1. The number of benzene rings is 1. The van der Waals surface area contributed by atoms with E-state index in [2.05, 4.69) is 0 Å². The number of hydrogen-bond acceptors (Lipinski definition) is 4. The Labute approximate surface area is 99.7 Å². The van der Waals surface area contributed by atoms with Crippen LogP contribution < -0.4 is 14.2 Å². The summed E-state index contributed by atoms with van der Waals surface area (Å²) in [5, 5.41) is 9.92. The maximum atomic E-state index is 9.92. The van der Waals surface area contributed by atoms with Crippen LogP contribution in [0.3, 0.4) is 0 Å². The van der Waals surface area contributed by atoms with Gasteiger partial charge >= 0.3 is 0 Å². The predicted octanol–water partition coefficient (Wildman–Crippen LogP) is 2.47. The third kappa shape index (κ3) is 1.85. The lowest BCUT2D eigenvalue weighted by Crippen LogP contribution is -2.01. The van der Waals surface area contributed by atoms with E-state index in [-0.39, 0.29) is 17.4 Å². The lowest BCUT2D eigenvalue weighted by atomic mass is 10.1. The highest BCUT2D eigenvalue weighted by Crippen LogP contribution is 2.49. The highest BCUT2D eigenvalue weighted by atomic mass is 35.5. The van der Waals surface area contributed by atoms with Gasteiger partial charge in [-0.3, -0.25) is 0 Å². The molecule has 0 atom stereocenters. The Balaban J connectivity index is 3.61. The zero-order valence-corrected chi connectivity index (χ0v) is 10.5. The van der Waals surface area contributed by atoms with E-state index in [1.54, 1.807) is 6.92 Å². The largest absolute Gasteiger partial charge is 0.504 e. The number of hydrogen-bond donors (Lipinski definition) is 1. The van der Waals surface area contributed by atoms with Gasteiger partial charge in [-0.05, 0) is 6.92 Å². The summed E-state index contributed by atoms with van der Waals surface area (Å²) in [6.07, 6.45) is 0. The Kier molecular flexibility index (Phi) is 4.12. The SMILES string of the molecule is COc1c(O)c(C)c(CCl)c(OC)c1OC. The van der Waals surface area contributed by atoms with E-state index in [0.29, 0.717) is 22.6 Å². The van der Waals surface area contributed by atoms with Crippen LogP contribution >= 0.6 is 11.6 Å². The van der Waals surface area contributed by atoms with Crippen LogP contribution in [0.2, 0.25) is 0 Å². The molecule has 0 radical (unpaired) electrons. The van der Waals surface area contributed by atoms with Crippen molar-refractivity contribution >= 4 is 11.6 Å². The molecule has 16 heavy (non-hydrogen) atoms. The van der Waals surface area contributed by atoms with E-state index in [4.69, 9.17) is 25.8 Å². The second kappa shape index (κ2) is 5.16. The summed E-state index contributed by atoms with van der Waals surface area (Å²) < 4.78 is 15.5. The lowest BCUT2D eigenvalue weighted by Gasteiger charge is -2.18. The molecule has 0 saturated carbocycles. The first-order valence-corrected chi connectivity index (χ1v) is 5.22. The molecule has 0 bridgehead atoms. The minimum atomic E-state index is 0.0239. The third-order valence-electron chi connectivity index (χ3n) is 2.46. The molecule has 0 fully saturated rings. The van der Waals surface area contributed by atoms with Crippen LogP contribution in [0, 0.1) is 6.92 Å². The fraction of sp³-hybridized carbons (Fsp3) is 0.455. The number of phenols is 1. The first kappa shape index (κ1) is 12.8. The van der Waals surface area contributed by atoms with E-state index >= 15 is 0 Å². The number of ether oxygens (including phenoxy) is 3. The summed E-state index contributed by atoms with van der Waals surface area (Å²) in [5.41, 5.74) is 1.32. The van der Waals surface area contributed by atoms with Crippen LogP contribution in [0.5, 0.6) is 23.0 Å². The Bertz CT molecular complexity index is 353. The van der Waals surface area contributed by atoms with E-state index in [1.807, 2.05) is 0 Å². The fourth-order valence-electron chi connectivity index (χ4n) is 1.58. The molecule has 4 nitrogen and oxygen atoms in total. The molecule has 1 rings (SSSR count). The monoisotopic (exact) mass is 246 g/mol. The molecule has 0 aliphatic heterocycles. The van der Waals surface area contributed by atoms with Crippen molar-refractivity contribution < 1.29 is 19.3 Å². The van der Waals surface area contributed by atoms with Crippen molar-refractivity contribution in [2.75, 3.05) is 21.3 Å². The van der Waals surface area contributed by atoms with Crippen LogP contribution in [-0.4, -0.2) is 26.4 Å². The highest BCUT2D eigenvalue weighted by Gasteiger charge is 2.23.